The maximum atomic E-state index is 11.9. The van der Waals surface area contributed by atoms with Crippen LogP contribution in [0.1, 0.15) is 11.4 Å². The van der Waals surface area contributed by atoms with E-state index in [4.69, 9.17) is 0 Å². The Morgan fingerprint density at radius 1 is 1.36 bits per heavy atom. The van der Waals surface area contributed by atoms with Crippen molar-refractivity contribution >= 4 is 0 Å². The SMILES string of the molecule is Cc1c[nH+]cc(C(F)(F)F)n1. The summed E-state index contributed by atoms with van der Waals surface area (Å²) in [5.74, 6) is 0. The lowest BCUT2D eigenvalue weighted by Gasteiger charge is -2.01. The van der Waals surface area contributed by atoms with E-state index >= 15 is 0 Å². The van der Waals surface area contributed by atoms with Crippen molar-refractivity contribution in [2.75, 3.05) is 0 Å². The molecular formula is C6H6F3N2+. The third-order valence-corrected chi connectivity index (χ3v) is 1.10. The summed E-state index contributed by atoms with van der Waals surface area (Å²) in [6, 6.07) is 0. The maximum absolute atomic E-state index is 11.9. The molecule has 0 bridgehead atoms. The third kappa shape index (κ3) is 1.89. The highest BCUT2D eigenvalue weighted by molar-refractivity contribution is 5.00. The minimum absolute atomic E-state index is 0.319. The average Bonchev–Trinajstić information content (AvgIpc) is 1.86. The number of hydrogen-bond donors (Lipinski definition) is 0. The first kappa shape index (κ1) is 7.97. The van der Waals surface area contributed by atoms with Crippen LogP contribution in [0.4, 0.5) is 13.2 Å². The van der Waals surface area contributed by atoms with Crippen LogP contribution in [0.25, 0.3) is 0 Å². The Labute approximate surface area is 61.1 Å². The fourth-order valence-corrected chi connectivity index (χ4v) is 0.641. The normalized spacial score (nSPS) is 11.6. The Bertz CT molecular complexity index is 256. The number of H-pyrrole nitrogens is 1. The molecule has 0 unspecified atom stereocenters. The van der Waals surface area contributed by atoms with Gasteiger partial charge in [0.1, 0.15) is 5.69 Å². The van der Waals surface area contributed by atoms with Crippen LogP contribution in [-0.2, 0) is 6.18 Å². The molecule has 1 heterocycles. The number of nitrogens with zero attached hydrogens (tertiary/aromatic N) is 1. The van der Waals surface area contributed by atoms with Gasteiger partial charge in [0.05, 0.1) is 0 Å². The van der Waals surface area contributed by atoms with Gasteiger partial charge in [-0.3, -0.25) is 0 Å². The van der Waals surface area contributed by atoms with E-state index < -0.39 is 11.9 Å². The number of rotatable bonds is 0. The zero-order chi connectivity index (χ0) is 8.48. The third-order valence-electron chi connectivity index (χ3n) is 1.10. The van der Waals surface area contributed by atoms with Gasteiger partial charge >= 0.3 is 6.18 Å². The summed E-state index contributed by atoms with van der Waals surface area (Å²) in [6.45, 7) is 1.49. The molecule has 0 saturated carbocycles. The van der Waals surface area contributed by atoms with Crippen molar-refractivity contribution in [3.8, 4) is 0 Å². The predicted octanol–water partition coefficient (Wildman–Crippen LogP) is 1.22. The van der Waals surface area contributed by atoms with Crippen molar-refractivity contribution in [1.82, 2.24) is 4.98 Å². The second kappa shape index (κ2) is 2.48. The van der Waals surface area contributed by atoms with Crippen LogP contribution in [0.3, 0.4) is 0 Å². The van der Waals surface area contributed by atoms with Crippen LogP contribution in [0, 0.1) is 6.92 Å². The molecule has 0 aromatic carbocycles. The molecule has 2 nitrogen and oxygen atoms in total. The smallest absolute Gasteiger partial charge is 0.237 e. The number of nitrogens with one attached hydrogen (secondary N) is 1. The summed E-state index contributed by atoms with van der Waals surface area (Å²) in [5.41, 5.74) is -0.572. The summed E-state index contributed by atoms with van der Waals surface area (Å²) in [6.07, 6.45) is -2.13. The average molecular weight is 163 g/mol. The molecule has 1 aromatic rings. The Kier molecular flexibility index (Phi) is 1.80. The van der Waals surface area contributed by atoms with Gasteiger partial charge < -0.3 is 0 Å². The van der Waals surface area contributed by atoms with E-state index in [2.05, 4.69) is 9.97 Å². The molecule has 0 radical (unpaired) electrons. The van der Waals surface area contributed by atoms with Gasteiger partial charge in [-0.2, -0.15) is 13.2 Å². The standard InChI is InChI=1S/C6H5F3N2/c1-4-2-10-3-5(11-4)6(7,8)9/h2-3H,1H3/p+1. The summed E-state index contributed by atoms with van der Waals surface area (Å²) in [7, 11) is 0. The summed E-state index contributed by atoms with van der Waals surface area (Å²) in [4.78, 5) is 5.64. The highest BCUT2D eigenvalue weighted by Crippen LogP contribution is 2.25. The van der Waals surface area contributed by atoms with Crippen molar-refractivity contribution in [2.45, 2.75) is 13.1 Å². The van der Waals surface area contributed by atoms with Gasteiger partial charge in [0.15, 0.2) is 12.4 Å². The van der Waals surface area contributed by atoms with E-state index in [0.717, 1.165) is 6.20 Å². The lowest BCUT2D eigenvalue weighted by atomic mass is 10.4. The van der Waals surface area contributed by atoms with Crippen molar-refractivity contribution < 1.29 is 18.2 Å². The predicted molar refractivity (Wildman–Crippen MR) is 30.5 cm³/mol. The first-order valence-electron chi connectivity index (χ1n) is 2.92. The number of aromatic amines is 1. The summed E-state index contributed by atoms with van der Waals surface area (Å²) in [5, 5.41) is 0. The highest BCUT2D eigenvalue weighted by Gasteiger charge is 2.34. The van der Waals surface area contributed by atoms with E-state index in [1.54, 1.807) is 0 Å². The maximum Gasteiger partial charge on any atom is 0.439 e. The quantitative estimate of drug-likeness (QED) is 0.565. The van der Waals surface area contributed by atoms with Gasteiger partial charge in [-0.15, -0.1) is 0 Å². The van der Waals surface area contributed by atoms with Gasteiger partial charge in [-0.25, -0.2) is 9.97 Å². The molecule has 0 aliphatic rings. The van der Waals surface area contributed by atoms with E-state index in [-0.39, 0.29) is 0 Å². The second-order valence-electron chi connectivity index (χ2n) is 2.09. The minimum Gasteiger partial charge on any atom is -0.237 e. The molecule has 0 amide bonds. The van der Waals surface area contributed by atoms with Crippen molar-refractivity contribution in [3.63, 3.8) is 0 Å². The number of hydrogen-bond acceptors (Lipinski definition) is 1. The van der Waals surface area contributed by atoms with E-state index in [1.807, 2.05) is 0 Å². The molecule has 0 aliphatic carbocycles. The Balaban J connectivity index is 3.06. The largest absolute Gasteiger partial charge is 0.439 e. The molecule has 0 spiro atoms. The fourth-order valence-electron chi connectivity index (χ4n) is 0.641. The van der Waals surface area contributed by atoms with Crippen LogP contribution in [0.5, 0.6) is 0 Å². The Morgan fingerprint density at radius 2 is 2.00 bits per heavy atom. The lowest BCUT2D eigenvalue weighted by Crippen LogP contribution is -2.15. The van der Waals surface area contributed by atoms with E-state index in [0.29, 0.717) is 5.69 Å². The number of halogens is 3. The van der Waals surface area contributed by atoms with Crippen LogP contribution >= 0.6 is 0 Å². The minimum atomic E-state index is -4.36. The molecule has 1 rings (SSSR count). The Morgan fingerprint density at radius 3 is 2.36 bits per heavy atom. The Hall–Kier alpha value is -1.13. The van der Waals surface area contributed by atoms with Crippen LogP contribution in [-0.4, -0.2) is 4.98 Å². The zero-order valence-electron chi connectivity index (χ0n) is 5.74. The molecular weight excluding hydrogens is 157 g/mol. The molecule has 0 fully saturated rings. The van der Waals surface area contributed by atoms with Gasteiger partial charge in [-0.05, 0) is 6.92 Å². The van der Waals surface area contributed by atoms with Gasteiger partial charge in [-0.1, -0.05) is 0 Å². The summed E-state index contributed by atoms with van der Waals surface area (Å²) < 4.78 is 35.7. The van der Waals surface area contributed by atoms with E-state index in [9.17, 15) is 13.2 Å². The van der Waals surface area contributed by atoms with Gasteiger partial charge in [0.25, 0.3) is 0 Å². The molecule has 0 saturated heterocycles. The second-order valence-corrected chi connectivity index (χ2v) is 2.09. The molecule has 1 N–H and O–H groups in total. The molecule has 11 heavy (non-hydrogen) atoms. The van der Waals surface area contributed by atoms with E-state index in [1.165, 1.54) is 13.1 Å². The zero-order valence-corrected chi connectivity index (χ0v) is 5.74. The highest BCUT2D eigenvalue weighted by atomic mass is 19.4. The first-order valence-corrected chi connectivity index (χ1v) is 2.92. The van der Waals surface area contributed by atoms with Crippen molar-refractivity contribution in [3.05, 3.63) is 23.8 Å². The summed E-state index contributed by atoms with van der Waals surface area (Å²) >= 11 is 0. The first-order chi connectivity index (χ1) is 5.00. The van der Waals surface area contributed by atoms with Crippen LogP contribution in [0.2, 0.25) is 0 Å². The number of aromatic nitrogens is 2. The molecule has 5 heteroatoms. The number of alkyl halides is 3. The molecule has 60 valence electrons. The monoisotopic (exact) mass is 163 g/mol. The molecule has 1 aromatic heterocycles. The van der Waals surface area contributed by atoms with Gasteiger partial charge in [0, 0.05) is 0 Å². The molecule has 0 atom stereocenters. The lowest BCUT2D eigenvalue weighted by molar-refractivity contribution is -0.383. The van der Waals surface area contributed by atoms with Crippen LogP contribution < -0.4 is 4.98 Å². The number of aryl methyl sites for hydroxylation is 1. The molecule has 0 aliphatic heterocycles. The fraction of sp³-hybridized carbons (Fsp3) is 0.333. The van der Waals surface area contributed by atoms with Crippen molar-refractivity contribution in [1.29, 1.82) is 0 Å². The topological polar surface area (TPSA) is 27.0 Å². The van der Waals surface area contributed by atoms with Gasteiger partial charge in [0.2, 0.25) is 5.69 Å². The van der Waals surface area contributed by atoms with Crippen molar-refractivity contribution in [2.24, 2.45) is 0 Å². The van der Waals surface area contributed by atoms with Crippen LogP contribution in [0.15, 0.2) is 12.4 Å².